The number of guanidine groups is 1. The minimum Gasteiger partial charge on any atom is -0.502 e. The van der Waals surface area contributed by atoms with Crippen LogP contribution in [-0.2, 0) is 17.1 Å². The Hall–Kier alpha value is -2.52. The number of nitrogens with one attached hydrogen (secondary N) is 2. The third-order valence-electron chi connectivity index (χ3n) is 3.84. The Morgan fingerprint density at radius 3 is 2.62 bits per heavy atom. The predicted molar refractivity (Wildman–Crippen MR) is 111 cm³/mol. The second kappa shape index (κ2) is 9.32. The van der Waals surface area contributed by atoms with Gasteiger partial charge in [-0.25, -0.2) is 8.42 Å². The molecule has 0 bridgehead atoms. The van der Waals surface area contributed by atoms with Crippen LogP contribution < -0.4 is 10.6 Å². The Balaban J connectivity index is 2.51. The van der Waals surface area contributed by atoms with Crippen LogP contribution in [0.25, 0.3) is 0 Å². The zero-order chi connectivity index (χ0) is 21.8. The maximum Gasteiger partial charge on any atom is 0.264 e. The Kier molecular flexibility index (Phi) is 7.32. The van der Waals surface area contributed by atoms with Crippen LogP contribution in [0.5, 0.6) is 5.75 Å². The molecular formula is C16H19Cl2N7O3S. The van der Waals surface area contributed by atoms with Crippen LogP contribution >= 0.6 is 23.2 Å². The van der Waals surface area contributed by atoms with Crippen molar-refractivity contribution in [2.75, 3.05) is 18.4 Å². The minimum atomic E-state index is -3.99. The van der Waals surface area contributed by atoms with Gasteiger partial charge in [-0.1, -0.05) is 43.1 Å². The van der Waals surface area contributed by atoms with Crippen molar-refractivity contribution in [1.82, 2.24) is 19.4 Å². The van der Waals surface area contributed by atoms with E-state index in [4.69, 9.17) is 28.5 Å². The maximum absolute atomic E-state index is 12.8. The highest BCUT2D eigenvalue weighted by atomic mass is 35.5. The zero-order valence-electron chi connectivity index (χ0n) is 15.8. The van der Waals surface area contributed by atoms with Gasteiger partial charge >= 0.3 is 0 Å². The molecule has 1 aromatic carbocycles. The number of halogens is 2. The lowest BCUT2D eigenvalue weighted by molar-refractivity contribution is 0.419. The van der Waals surface area contributed by atoms with Gasteiger partial charge in [0.05, 0.1) is 15.7 Å². The van der Waals surface area contributed by atoms with Gasteiger partial charge in [-0.15, -0.1) is 5.10 Å². The number of anilines is 1. The van der Waals surface area contributed by atoms with Crippen molar-refractivity contribution in [3.8, 4) is 11.9 Å². The number of hydrogen-bond acceptors (Lipinski definition) is 6. The molecule has 0 saturated carbocycles. The van der Waals surface area contributed by atoms with Crippen molar-refractivity contribution in [2.45, 2.75) is 18.9 Å². The number of hydrogen-bond donors (Lipinski definition) is 3. The fourth-order valence-corrected chi connectivity index (χ4v) is 4.49. The van der Waals surface area contributed by atoms with E-state index in [2.05, 4.69) is 20.7 Å². The van der Waals surface area contributed by atoms with E-state index in [9.17, 15) is 13.5 Å². The summed E-state index contributed by atoms with van der Waals surface area (Å²) in [7, 11) is -2.62. The van der Waals surface area contributed by atoms with Crippen LogP contribution in [0.2, 0.25) is 10.0 Å². The number of aryl methyl sites for hydroxylation is 1. The quantitative estimate of drug-likeness (QED) is 0.261. The first-order chi connectivity index (χ1) is 13.7. The highest BCUT2D eigenvalue weighted by Crippen LogP contribution is 2.34. The van der Waals surface area contributed by atoms with E-state index in [0.717, 1.165) is 4.68 Å². The molecule has 0 spiro atoms. The summed E-state index contributed by atoms with van der Waals surface area (Å²) < 4.78 is 27.7. The van der Waals surface area contributed by atoms with Gasteiger partial charge in [-0.05, 0) is 12.1 Å². The van der Waals surface area contributed by atoms with Crippen LogP contribution in [0.15, 0.2) is 28.2 Å². The molecule has 2 aromatic rings. The SMILES string of the molecule is CCN(CC)S(=O)(=O)c1c(O)c(N=C(NC#N)Nc2cccc(Cl)c2Cl)nn1C. The van der Waals surface area contributed by atoms with Gasteiger partial charge in [0.25, 0.3) is 10.0 Å². The van der Waals surface area contributed by atoms with E-state index in [-0.39, 0.29) is 34.9 Å². The molecule has 0 aliphatic heterocycles. The molecule has 0 radical (unpaired) electrons. The smallest absolute Gasteiger partial charge is 0.264 e. The van der Waals surface area contributed by atoms with Crippen molar-refractivity contribution in [3.05, 3.63) is 28.2 Å². The number of aromatic hydroxyl groups is 1. The average Bonchev–Trinajstić information content (AvgIpc) is 2.93. The molecule has 0 fully saturated rings. The highest BCUT2D eigenvalue weighted by molar-refractivity contribution is 7.89. The Bertz CT molecular complexity index is 1070. The van der Waals surface area contributed by atoms with E-state index >= 15 is 0 Å². The molecule has 10 nitrogen and oxygen atoms in total. The molecule has 2 rings (SSSR count). The molecule has 0 amide bonds. The van der Waals surface area contributed by atoms with Crippen molar-refractivity contribution in [2.24, 2.45) is 12.0 Å². The van der Waals surface area contributed by atoms with Gasteiger partial charge in [0.1, 0.15) is 0 Å². The molecule has 0 saturated heterocycles. The van der Waals surface area contributed by atoms with Crippen LogP contribution in [0, 0.1) is 11.5 Å². The van der Waals surface area contributed by atoms with Crippen molar-refractivity contribution < 1.29 is 13.5 Å². The molecule has 0 aliphatic rings. The van der Waals surface area contributed by atoms with Gasteiger partial charge in [-0.3, -0.25) is 10.00 Å². The Labute approximate surface area is 178 Å². The summed E-state index contributed by atoms with van der Waals surface area (Å²) in [4.78, 5) is 4.03. The summed E-state index contributed by atoms with van der Waals surface area (Å²) in [6, 6.07) is 4.81. The molecular weight excluding hydrogens is 441 g/mol. The lowest BCUT2D eigenvalue weighted by Gasteiger charge is -2.18. The first kappa shape index (κ1) is 22.8. The summed E-state index contributed by atoms with van der Waals surface area (Å²) in [6.45, 7) is 3.80. The first-order valence-electron chi connectivity index (χ1n) is 8.38. The van der Waals surface area contributed by atoms with Gasteiger partial charge in [0.2, 0.25) is 22.6 Å². The van der Waals surface area contributed by atoms with Crippen molar-refractivity contribution in [3.63, 3.8) is 0 Å². The Morgan fingerprint density at radius 1 is 1.38 bits per heavy atom. The topological polar surface area (TPSA) is 136 Å². The number of aliphatic imine (C=N–C) groups is 1. The lowest BCUT2D eigenvalue weighted by atomic mass is 10.3. The number of benzene rings is 1. The van der Waals surface area contributed by atoms with Crippen LogP contribution in [-0.4, -0.2) is 46.7 Å². The normalized spacial score (nSPS) is 12.1. The van der Waals surface area contributed by atoms with Gasteiger partial charge in [-0.2, -0.15) is 14.6 Å². The number of rotatable bonds is 6. The fourth-order valence-electron chi connectivity index (χ4n) is 2.51. The summed E-state index contributed by atoms with van der Waals surface area (Å²) in [6.07, 6.45) is 1.69. The van der Waals surface area contributed by atoms with Crippen LogP contribution in [0.3, 0.4) is 0 Å². The van der Waals surface area contributed by atoms with Gasteiger partial charge < -0.3 is 10.4 Å². The van der Waals surface area contributed by atoms with E-state index in [1.54, 1.807) is 38.2 Å². The lowest BCUT2D eigenvalue weighted by Crippen LogP contribution is -2.32. The minimum absolute atomic E-state index is 0.142. The number of aromatic nitrogens is 2. The highest BCUT2D eigenvalue weighted by Gasteiger charge is 2.31. The average molecular weight is 460 g/mol. The molecule has 29 heavy (non-hydrogen) atoms. The third-order valence-corrected chi connectivity index (χ3v) is 6.80. The largest absolute Gasteiger partial charge is 0.502 e. The first-order valence-corrected chi connectivity index (χ1v) is 10.6. The van der Waals surface area contributed by atoms with Crippen LogP contribution in [0.4, 0.5) is 11.5 Å². The summed E-state index contributed by atoms with van der Waals surface area (Å²) in [5, 5.41) is 28.5. The fraction of sp³-hybridized carbons (Fsp3) is 0.312. The molecule has 13 heteroatoms. The second-order valence-electron chi connectivity index (χ2n) is 5.61. The number of nitrogens with zero attached hydrogens (tertiary/aromatic N) is 5. The zero-order valence-corrected chi connectivity index (χ0v) is 18.1. The third kappa shape index (κ3) is 4.73. The molecule has 156 valence electrons. The maximum atomic E-state index is 12.8. The Morgan fingerprint density at radius 2 is 2.03 bits per heavy atom. The summed E-state index contributed by atoms with van der Waals surface area (Å²) in [5.41, 5.74) is 0.340. The second-order valence-corrected chi connectivity index (χ2v) is 8.25. The standard InChI is InChI=1S/C16H19Cl2N7O3S/c1-4-25(5-2)29(27,28)15-13(26)14(23-24(15)3)22-16(20-9-19)21-11-8-6-7-10(17)12(11)18/h6-8,26H,4-5H2,1-3H3,(H2,20,21,22,23). The number of nitriles is 1. The summed E-state index contributed by atoms with van der Waals surface area (Å²) >= 11 is 12.1. The molecule has 1 heterocycles. The molecule has 1 aromatic heterocycles. The van der Waals surface area contributed by atoms with Gasteiger partial charge in [0, 0.05) is 20.1 Å². The van der Waals surface area contributed by atoms with Gasteiger partial charge in [0.15, 0.2) is 6.19 Å². The van der Waals surface area contributed by atoms with E-state index in [1.165, 1.54) is 11.4 Å². The van der Waals surface area contributed by atoms with E-state index in [1.807, 2.05) is 0 Å². The van der Waals surface area contributed by atoms with E-state index in [0.29, 0.717) is 5.69 Å². The van der Waals surface area contributed by atoms with Crippen molar-refractivity contribution in [1.29, 1.82) is 5.26 Å². The summed E-state index contributed by atoms with van der Waals surface area (Å²) in [5.74, 6) is -1.09. The predicted octanol–water partition coefficient (Wildman–Crippen LogP) is 2.63. The number of sulfonamides is 1. The van der Waals surface area contributed by atoms with Crippen LogP contribution in [0.1, 0.15) is 13.8 Å². The molecule has 0 atom stereocenters. The molecule has 0 unspecified atom stereocenters. The molecule has 3 N–H and O–H groups in total. The monoisotopic (exact) mass is 459 g/mol. The van der Waals surface area contributed by atoms with E-state index < -0.39 is 20.8 Å². The molecule has 0 aliphatic carbocycles. The van der Waals surface area contributed by atoms with Crippen molar-refractivity contribution >= 4 is 50.7 Å².